The van der Waals surface area contributed by atoms with Crippen LogP contribution in [0.5, 0.6) is 11.5 Å². The molecule has 9 heteroatoms. The molecule has 0 unspecified atom stereocenters. The van der Waals surface area contributed by atoms with E-state index in [0.29, 0.717) is 46.5 Å². The van der Waals surface area contributed by atoms with E-state index in [0.717, 1.165) is 32.4 Å². The molecule has 0 aromatic heterocycles. The van der Waals surface area contributed by atoms with Crippen molar-refractivity contribution < 1.29 is 28.5 Å². The summed E-state index contributed by atoms with van der Waals surface area (Å²) in [5.41, 5.74) is 3.16. The van der Waals surface area contributed by atoms with Crippen molar-refractivity contribution in [3.05, 3.63) is 88.4 Å². The molecule has 0 fully saturated rings. The van der Waals surface area contributed by atoms with Crippen molar-refractivity contribution in [2.45, 2.75) is 65.6 Å². The minimum Gasteiger partial charge on any atom is -0.492 e. The van der Waals surface area contributed by atoms with Gasteiger partial charge in [0.2, 0.25) is 0 Å². The average molecular weight is 651 g/mol. The Morgan fingerprint density at radius 1 is 1.00 bits per heavy atom. The zero-order valence-electron chi connectivity index (χ0n) is 27.6. The SMILES string of the molecule is CCOC(=O)C[C@@H]1O[C@@H](c2cccc(OCCCNCCCc3ccccc3)c2OC)c2cc(Cl)ccc2N(CC(C)(C)C)C1=O. The Kier molecular flexibility index (Phi) is 12.9. The van der Waals surface area contributed by atoms with Crippen molar-refractivity contribution in [3.63, 3.8) is 0 Å². The lowest BCUT2D eigenvalue weighted by Gasteiger charge is -2.31. The number of carbonyl (C=O) groups is 2. The number of hydrogen-bond donors (Lipinski definition) is 1. The van der Waals surface area contributed by atoms with Crippen molar-refractivity contribution in [2.75, 3.05) is 44.9 Å². The van der Waals surface area contributed by atoms with Gasteiger partial charge in [0.1, 0.15) is 12.2 Å². The van der Waals surface area contributed by atoms with E-state index in [9.17, 15) is 9.59 Å². The summed E-state index contributed by atoms with van der Waals surface area (Å²) in [5.74, 6) is 0.259. The number of methoxy groups -OCH3 is 1. The molecule has 0 spiro atoms. The largest absolute Gasteiger partial charge is 0.492 e. The summed E-state index contributed by atoms with van der Waals surface area (Å²) < 4.78 is 23.9. The first-order chi connectivity index (χ1) is 22.1. The zero-order chi connectivity index (χ0) is 33.1. The topological polar surface area (TPSA) is 86.3 Å². The van der Waals surface area contributed by atoms with Gasteiger partial charge in [-0.25, -0.2) is 0 Å². The van der Waals surface area contributed by atoms with Gasteiger partial charge in [0.05, 0.1) is 26.7 Å². The molecular weight excluding hydrogens is 604 g/mol. The summed E-state index contributed by atoms with van der Waals surface area (Å²) in [6, 6.07) is 21.5. The summed E-state index contributed by atoms with van der Waals surface area (Å²) in [5, 5.41) is 3.99. The number of fused-ring (bicyclic) bond motifs is 1. The molecule has 46 heavy (non-hydrogen) atoms. The van der Waals surface area contributed by atoms with Crippen molar-refractivity contribution in [3.8, 4) is 11.5 Å². The molecule has 4 rings (SSSR count). The second kappa shape index (κ2) is 16.8. The van der Waals surface area contributed by atoms with Gasteiger partial charge in [-0.2, -0.15) is 0 Å². The highest BCUT2D eigenvalue weighted by Crippen LogP contribution is 2.45. The summed E-state index contributed by atoms with van der Waals surface area (Å²) in [7, 11) is 1.59. The lowest BCUT2D eigenvalue weighted by Crippen LogP contribution is -2.44. The number of nitrogens with zero attached hydrogens (tertiary/aromatic N) is 1. The normalized spacial score (nSPS) is 16.5. The van der Waals surface area contributed by atoms with E-state index in [2.05, 4.69) is 50.4 Å². The van der Waals surface area contributed by atoms with Gasteiger partial charge in [0, 0.05) is 28.4 Å². The second-order valence-corrected chi connectivity index (χ2v) is 13.1. The zero-order valence-corrected chi connectivity index (χ0v) is 28.4. The number of hydrogen-bond acceptors (Lipinski definition) is 7. The highest BCUT2D eigenvalue weighted by molar-refractivity contribution is 6.30. The first kappa shape index (κ1) is 35.3. The molecule has 0 aliphatic carbocycles. The van der Waals surface area contributed by atoms with Gasteiger partial charge in [-0.15, -0.1) is 0 Å². The first-order valence-corrected chi connectivity index (χ1v) is 16.4. The quantitative estimate of drug-likeness (QED) is 0.138. The molecule has 0 saturated heterocycles. The number of halogens is 1. The first-order valence-electron chi connectivity index (χ1n) is 16.1. The molecule has 1 N–H and O–H groups in total. The second-order valence-electron chi connectivity index (χ2n) is 12.6. The van der Waals surface area contributed by atoms with E-state index in [-0.39, 0.29) is 24.3 Å². The highest BCUT2D eigenvalue weighted by atomic mass is 35.5. The number of benzene rings is 3. The van der Waals surface area contributed by atoms with Gasteiger partial charge in [-0.05, 0) is 74.5 Å². The molecule has 1 heterocycles. The van der Waals surface area contributed by atoms with Gasteiger partial charge in [0.25, 0.3) is 5.91 Å². The summed E-state index contributed by atoms with van der Waals surface area (Å²) in [6.45, 7) is 10.8. The molecule has 248 valence electrons. The van der Waals surface area contributed by atoms with Crippen LogP contribution in [0.4, 0.5) is 5.69 Å². The van der Waals surface area contributed by atoms with Crippen LogP contribution >= 0.6 is 11.6 Å². The smallest absolute Gasteiger partial charge is 0.308 e. The fourth-order valence-electron chi connectivity index (χ4n) is 5.59. The van der Waals surface area contributed by atoms with E-state index in [1.165, 1.54) is 5.56 Å². The number of ether oxygens (including phenoxy) is 4. The van der Waals surface area contributed by atoms with E-state index < -0.39 is 18.2 Å². The molecule has 2 atom stereocenters. The monoisotopic (exact) mass is 650 g/mol. The van der Waals surface area contributed by atoms with Crippen LogP contribution in [-0.2, 0) is 25.5 Å². The molecule has 3 aromatic rings. The van der Waals surface area contributed by atoms with Crippen molar-refractivity contribution >= 4 is 29.2 Å². The van der Waals surface area contributed by atoms with Gasteiger partial charge in [0.15, 0.2) is 11.5 Å². The van der Waals surface area contributed by atoms with E-state index >= 15 is 0 Å². The van der Waals surface area contributed by atoms with E-state index in [1.54, 1.807) is 25.0 Å². The lowest BCUT2D eigenvalue weighted by atomic mass is 9.94. The third kappa shape index (κ3) is 9.71. The number of carbonyl (C=O) groups excluding carboxylic acids is 2. The number of nitrogens with one attached hydrogen (secondary N) is 1. The van der Waals surface area contributed by atoms with Crippen LogP contribution in [0.3, 0.4) is 0 Å². The molecule has 0 saturated carbocycles. The summed E-state index contributed by atoms with van der Waals surface area (Å²) in [6.07, 6.45) is 0.857. The van der Waals surface area contributed by atoms with Crippen molar-refractivity contribution in [2.24, 2.45) is 5.41 Å². The Morgan fingerprint density at radius 3 is 2.48 bits per heavy atom. The number of esters is 1. The minimum atomic E-state index is -1.08. The molecule has 1 amide bonds. The Balaban J connectivity index is 1.54. The molecule has 0 radical (unpaired) electrons. The Morgan fingerprint density at radius 2 is 1.76 bits per heavy atom. The summed E-state index contributed by atoms with van der Waals surface area (Å²) in [4.78, 5) is 28.4. The van der Waals surface area contributed by atoms with Crippen LogP contribution < -0.4 is 19.7 Å². The molecule has 0 bridgehead atoms. The fourth-order valence-corrected chi connectivity index (χ4v) is 5.77. The maximum Gasteiger partial charge on any atom is 0.308 e. The number of anilines is 1. The number of para-hydroxylation sites is 1. The third-order valence-corrected chi connectivity index (χ3v) is 7.84. The third-order valence-electron chi connectivity index (χ3n) is 7.61. The number of amides is 1. The van der Waals surface area contributed by atoms with E-state index in [1.807, 2.05) is 36.4 Å². The average Bonchev–Trinajstić information content (AvgIpc) is 3.12. The number of aryl methyl sites for hydroxylation is 1. The standard InChI is InChI=1S/C37H47ClN2O6/c1-6-44-33(41)24-32-36(42)40(25-37(2,3)4)30-19-18-27(38)23-29(30)34(46-32)28-16-10-17-31(35(28)43-5)45-22-12-21-39-20-11-15-26-13-8-7-9-14-26/h7-10,13-14,16-19,23,32,34,39H,6,11-12,15,20-22,24-25H2,1-5H3/t32-,34-/m0/s1. The van der Waals surface area contributed by atoms with Crippen LogP contribution in [-0.4, -0.2) is 57.9 Å². The molecular formula is C37H47ClN2O6. The molecule has 1 aliphatic heterocycles. The Labute approximate surface area is 278 Å². The predicted octanol–water partition coefficient (Wildman–Crippen LogP) is 7.16. The Hall–Kier alpha value is -3.59. The van der Waals surface area contributed by atoms with Gasteiger partial charge in [-0.1, -0.05) is 74.8 Å². The van der Waals surface area contributed by atoms with Crippen molar-refractivity contribution in [1.82, 2.24) is 5.32 Å². The predicted molar refractivity (Wildman–Crippen MR) is 182 cm³/mol. The molecule has 8 nitrogen and oxygen atoms in total. The van der Waals surface area contributed by atoms with Crippen LogP contribution in [0, 0.1) is 5.41 Å². The van der Waals surface area contributed by atoms with Gasteiger partial charge >= 0.3 is 5.97 Å². The van der Waals surface area contributed by atoms with Crippen LogP contribution in [0.25, 0.3) is 0 Å². The van der Waals surface area contributed by atoms with Crippen molar-refractivity contribution in [1.29, 1.82) is 0 Å². The fraction of sp³-hybridized carbons (Fsp3) is 0.459. The van der Waals surface area contributed by atoms with Crippen LogP contribution in [0.2, 0.25) is 5.02 Å². The summed E-state index contributed by atoms with van der Waals surface area (Å²) >= 11 is 6.53. The van der Waals surface area contributed by atoms with E-state index in [4.69, 9.17) is 30.5 Å². The van der Waals surface area contributed by atoms with Gasteiger partial charge < -0.3 is 29.2 Å². The maximum absolute atomic E-state index is 14.0. The maximum atomic E-state index is 14.0. The van der Waals surface area contributed by atoms with Crippen LogP contribution in [0.15, 0.2) is 66.7 Å². The number of rotatable bonds is 15. The minimum absolute atomic E-state index is 0.209. The van der Waals surface area contributed by atoms with Crippen LogP contribution in [0.1, 0.15) is 69.8 Å². The Bertz CT molecular complexity index is 1440. The molecule has 1 aliphatic rings. The van der Waals surface area contributed by atoms with Gasteiger partial charge in [-0.3, -0.25) is 9.59 Å². The lowest BCUT2D eigenvalue weighted by molar-refractivity contribution is -0.151. The molecule has 3 aromatic carbocycles. The highest BCUT2D eigenvalue weighted by Gasteiger charge is 2.40.